The Hall–Kier alpha value is -1.92. The molecule has 0 spiro atoms. The van der Waals surface area contributed by atoms with E-state index in [1.165, 1.54) is 6.20 Å². The second kappa shape index (κ2) is 4.06. The van der Waals surface area contributed by atoms with Crippen LogP contribution in [0.4, 0.5) is 0 Å². The summed E-state index contributed by atoms with van der Waals surface area (Å²) in [4.78, 5) is 21.2. The van der Waals surface area contributed by atoms with Crippen LogP contribution in [0.2, 0.25) is 0 Å². The van der Waals surface area contributed by atoms with E-state index in [-0.39, 0.29) is 6.54 Å². The van der Waals surface area contributed by atoms with Gasteiger partial charge in [0.1, 0.15) is 5.69 Å². The van der Waals surface area contributed by atoms with Gasteiger partial charge in [0.25, 0.3) is 0 Å². The number of imide groups is 1. The normalized spacial score (nSPS) is 9.00. The molecule has 0 unspecified atom stereocenters. The van der Waals surface area contributed by atoms with Crippen LogP contribution in [0.3, 0.4) is 0 Å². The molecule has 12 heavy (non-hydrogen) atoms. The lowest BCUT2D eigenvalue weighted by molar-refractivity contribution is -0.129. The molecular weight excluding hydrogens is 162 g/mol. The Labute approximate surface area is 67.4 Å². The molecule has 0 bridgehead atoms. The van der Waals surface area contributed by atoms with Gasteiger partial charge in [-0.05, 0) is 10.4 Å². The summed E-state index contributed by atoms with van der Waals surface area (Å²) in [6, 6.07) is 0. The lowest BCUT2D eigenvalue weighted by atomic mass is 10.4. The summed E-state index contributed by atoms with van der Waals surface area (Å²) in [6.07, 6.45) is 2.12. The van der Waals surface area contributed by atoms with Crippen molar-refractivity contribution in [2.45, 2.75) is 6.54 Å². The first-order valence-corrected chi connectivity index (χ1v) is 3.03. The third-order valence-electron chi connectivity index (χ3n) is 1.09. The van der Waals surface area contributed by atoms with Crippen molar-refractivity contribution in [2.24, 2.45) is 0 Å². The standard InChI is InChI=1S/C5H5N5O2/c11-3-10(4-12)2-5-1-6-8-9-7-5/h1,3-4H,2H2. The van der Waals surface area contributed by atoms with Crippen molar-refractivity contribution in [3.63, 3.8) is 0 Å². The summed E-state index contributed by atoms with van der Waals surface area (Å²) in [5.74, 6) is 0. The fourth-order valence-electron chi connectivity index (χ4n) is 0.578. The molecule has 0 radical (unpaired) electrons. The zero-order valence-electron chi connectivity index (χ0n) is 5.99. The molecule has 0 fully saturated rings. The molecule has 0 aliphatic rings. The van der Waals surface area contributed by atoms with E-state index < -0.39 is 0 Å². The van der Waals surface area contributed by atoms with Crippen molar-refractivity contribution in [2.75, 3.05) is 0 Å². The van der Waals surface area contributed by atoms with Crippen molar-refractivity contribution in [3.8, 4) is 0 Å². The predicted octanol–water partition coefficient (Wildman–Crippen LogP) is -1.62. The Balaban J connectivity index is 2.62. The minimum absolute atomic E-state index is 0.0650. The Morgan fingerprint density at radius 1 is 1.33 bits per heavy atom. The summed E-state index contributed by atoms with van der Waals surface area (Å²) in [5, 5.41) is 13.4. The van der Waals surface area contributed by atoms with E-state index >= 15 is 0 Å². The van der Waals surface area contributed by atoms with E-state index in [1.54, 1.807) is 0 Å². The molecule has 2 amide bonds. The first-order valence-electron chi connectivity index (χ1n) is 3.03. The van der Waals surface area contributed by atoms with Crippen LogP contribution in [-0.4, -0.2) is 38.3 Å². The molecule has 1 aromatic heterocycles. The van der Waals surface area contributed by atoms with E-state index in [4.69, 9.17) is 0 Å². The number of hydrogen-bond acceptors (Lipinski definition) is 6. The Kier molecular flexibility index (Phi) is 2.77. The largest absolute Gasteiger partial charge is 0.282 e. The van der Waals surface area contributed by atoms with Gasteiger partial charge in [0.15, 0.2) is 0 Å². The zero-order chi connectivity index (χ0) is 8.81. The number of hydrogen-bond donors (Lipinski definition) is 0. The minimum Gasteiger partial charge on any atom is -0.282 e. The van der Waals surface area contributed by atoms with E-state index in [0.717, 1.165) is 4.90 Å². The highest BCUT2D eigenvalue weighted by atomic mass is 16.2. The van der Waals surface area contributed by atoms with Crippen LogP contribution in [0.5, 0.6) is 0 Å². The first-order chi connectivity index (χ1) is 5.86. The van der Waals surface area contributed by atoms with Gasteiger partial charge in [-0.15, -0.1) is 10.2 Å². The number of amides is 2. The molecule has 0 aliphatic carbocycles. The predicted molar refractivity (Wildman–Crippen MR) is 35.3 cm³/mol. The van der Waals surface area contributed by atoms with Gasteiger partial charge in [0, 0.05) is 0 Å². The van der Waals surface area contributed by atoms with Crippen molar-refractivity contribution in [1.82, 2.24) is 25.5 Å². The molecule has 0 aliphatic heterocycles. The molecule has 1 rings (SSSR count). The second-order valence-corrected chi connectivity index (χ2v) is 1.90. The molecule has 0 saturated carbocycles. The molecule has 0 N–H and O–H groups in total. The van der Waals surface area contributed by atoms with Gasteiger partial charge in [-0.2, -0.15) is 0 Å². The van der Waals surface area contributed by atoms with Crippen LogP contribution in [-0.2, 0) is 16.1 Å². The SMILES string of the molecule is O=CN(C=O)Cc1cnnnn1. The van der Waals surface area contributed by atoms with Crippen molar-refractivity contribution >= 4 is 12.8 Å². The lowest BCUT2D eigenvalue weighted by Crippen LogP contribution is -2.20. The third-order valence-corrected chi connectivity index (χ3v) is 1.09. The van der Waals surface area contributed by atoms with E-state index in [9.17, 15) is 9.59 Å². The maximum atomic E-state index is 10.2. The van der Waals surface area contributed by atoms with E-state index in [0.29, 0.717) is 18.5 Å². The lowest BCUT2D eigenvalue weighted by Gasteiger charge is -2.04. The molecule has 7 heteroatoms. The van der Waals surface area contributed by atoms with Gasteiger partial charge in [-0.3, -0.25) is 14.5 Å². The Bertz CT molecular complexity index is 256. The Morgan fingerprint density at radius 3 is 2.58 bits per heavy atom. The quantitative estimate of drug-likeness (QED) is 0.501. The van der Waals surface area contributed by atoms with Crippen LogP contribution < -0.4 is 0 Å². The van der Waals surface area contributed by atoms with Crippen molar-refractivity contribution in [1.29, 1.82) is 0 Å². The molecule has 7 nitrogen and oxygen atoms in total. The smallest absolute Gasteiger partial charge is 0.216 e. The number of rotatable bonds is 4. The molecule has 1 aromatic rings. The minimum atomic E-state index is 0.0650. The van der Waals surface area contributed by atoms with E-state index in [1.807, 2.05) is 0 Å². The average Bonchev–Trinajstić information content (AvgIpc) is 2.16. The van der Waals surface area contributed by atoms with Gasteiger partial charge in [-0.25, -0.2) is 0 Å². The topological polar surface area (TPSA) is 88.9 Å². The van der Waals surface area contributed by atoms with Gasteiger partial charge in [0.2, 0.25) is 12.8 Å². The van der Waals surface area contributed by atoms with Crippen LogP contribution in [0.25, 0.3) is 0 Å². The molecule has 62 valence electrons. The second-order valence-electron chi connectivity index (χ2n) is 1.90. The fourth-order valence-corrected chi connectivity index (χ4v) is 0.578. The third kappa shape index (κ3) is 2.04. The number of aromatic nitrogens is 4. The number of carbonyl (C=O) groups is 2. The molecule has 1 heterocycles. The number of nitrogens with zero attached hydrogens (tertiary/aromatic N) is 5. The fraction of sp³-hybridized carbons (Fsp3) is 0.200. The highest BCUT2D eigenvalue weighted by Crippen LogP contribution is 1.91. The van der Waals surface area contributed by atoms with Crippen LogP contribution in [0, 0.1) is 0 Å². The maximum absolute atomic E-state index is 10.2. The highest BCUT2D eigenvalue weighted by Gasteiger charge is 2.01. The monoisotopic (exact) mass is 167 g/mol. The summed E-state index contributed by atoms with van der Waals surface area (Å²) in [7, 11) is 0. The van der Waals surface area contributed by atoms with Crippen LogP contribution in [0.1, 0.15) is 5.69 Å². The van der Waals surface area contributed by atoms with Crippen LogP contribution in [0.15, 0.2) is 6.20 Å². The maximum Gasteiger partial charge on any atom is 0.216 e. The highest BCUT2D eigenvalue weighted by molar-refractivity contribution is 5.68. The first kappa shape index (κ1) is 8.18. The number of carbonyl (C=O) groups excluding carboxylic acids is 2. The van der Waals surface area contributed by atoms with Gasteiger partial charge in [-0.1, -0.05) is 0 Å². The van der Waals surface area contributed by atoms with Crippen molar-refractivity contribution < 1.29 is 9.59 Å². The van der Waals surface area contributed by atoms with Gasteiger partial charge in [0.05, 0.1) is 12.7 Å². The van der Waals surface area contributed by atoms with E-state index in [2.05, 4.69) is 20.6 Å². The van der Waals surface area contributed by atoms with Gasteiger partial charge >= 0.3 is 0 Å². The van der Waals surface area contributed by atoms with Gasteiger partial charge < -0.3 is 0 Å². The van der Waals surface area contributed by atoms with Crippen molar-refractivity contribution in [3.05, 3.63) is 11.9 Å². The summed E-state index contributed by atoms with van der Waals surface area (Å²) in [6.45, 7) is 0.0650. The average molecular weight is 167 g/mol. The summed E-state index contributed by atoms with van der Waals surface area (Å²) in [5.41, 5.74) is 0.407. The molecule has 0 aromatic carbocycles. The van der Waals surface area contributed by atoms with Crippen LogP contribution >= 0.6 is 0 Å². The zero-order valence-corrected chi connectivity index (χ0v) is 5.99. The Morgan fingerprint density at radius 2 is 2.08 bits per heavy atom. The molecule has 0 saturated heterocycles. The summed E-state index contributed by atoms with van der Waals surface area (Å²) < 4.78 is 0. The summed E-state index contributed by atoms with van der Waals surface area (Å²) >= 11 is 0. The molecular formula is C5H5N5O2. The molecule has 0 atom stereocenters.